The molecule has 1 heteroatoms. The standard InChI is InChI=1S/C14H19N/c1-6-12-10(4)9(3)11(5)13-7-8(2)15-14(12)13/h6-7H2,1-5H3. The van der Waals surface area contributed by atoms with E-state index in [4.69, 9.17) is 4.99 Å². The Morgan fingerprint density at radius 2 is 1.67 bits per heavy atom. The number of hydrogen-bond donors (Lipinski definition) is 0. The van der Waals surface area contributed by atoms with Crippen LogP contribution < -0.4 is 0 Å². The highest BCUT2D eigenvalue weighted by Crippen LogP contribution is 2.37. The Balaban J connectivity index is 2.77. The molecule has 1 aliphatic rings. The van der Waals surface area contributed by atoms with Crippen LogP contribution in [-0.2, 0) is 12.8 Å². The Morgan fingerprint density at radius 3 is 2.27 bits per heavy atom. The first-order valence-corrected chi connectivity index (χ1v) is 5.71. The topological polar surface area (TPSA) is 12.4 Å². The Bertz CT molecular complexity index is 453. The van der Waals surface area contributed by atoms with Crippen molar-refractivity contribution in [2.24, 2.45) is 4.99 Å². The van der Waals surface area contributed by atoms with Crippen molar-refractivity contribution in [3.05, 3.63) is 27.8 Å². The highest BCUT2D eigenvalue weighted by Gasteiger charge is 2.20. The molecule has 0 aliphatic carbocycles. The van der Waals surface area contributed by atoms with Crippen LogP contribution in [0.25, 0.3) is 0 Å². The van der Waals surface area contributed by atoms with Crippen LogP contribution in [0.4, 0.5) is 5.69 Å². The number of nitrogens with zero attached hydrogens (tertiary/aromatic N) is 1. The Kier molecular flexibility index (Phi) is 2.41. The van der Waals surface area contributed by atoms with E-state index in [2.05, 4.69) is 34.6 Å². The lowest BCUT2D eigenvalue weighted by Crippen LogP contribution is -1.99. The quantitative estimate of drug-likeness (QED) is 0.655. The third-order valence-corrected chi connectivity index (χ3v) is 3.69. The van der Waals surface area contributed by atoms with E-state index in [0.29, 0.717) is 0 Å². The maximum absolute atomic E-state index is 4.70. The molecule has 0 N–H and O–H groups in total. The fourth-order valence-corrected chi connectivity index (χ4v) is 2.54. The van der Waals surface area contributed by atoms with Crippen molar-refractivity contribution >= 4 is 11.4 Å². The van der Waals surface area contributed by atoms with Gasteiger partial charge in [-0.25, -0.2) is 0 Å². The molecule has 0 saturated heterocycles. The van der Waals surface area contributed by atoms with Crippen molar-refractivity contribution in [2.45, 2.75) is 47.5 Å². The minimum Gasteiger partial charge on any atom is -0.257 e. The van der Waals surface area contributed by atoms with Crippen LogP contribution in [0.1, 0.15) is 41.7 Å². The lowest BCUT2D eigenvalue weighted by molar-refractivity contribution is 1.07. The third-order valence-electron chi connectivity index (χ3n) is 3.69. The van der Waals surface area contributed by atoms with Gasteiger partial charge in [0, 0.05) is 12.1 Å². The van der Waals surface area contributed by atoms with E-state index in [-0.39, 0.29) is 0 Å². The van der Waals surface area contributed by atoms with Gasteiger partial charge in [0.25, 0.3) is 0 Å². The summed E-state index contributed by atoms with van der Waals surface area (Å²) in [4.78, 5) is 4.70. The zero-order chi connectivity index (χ0) is 11.2. The fourth-order valence-electron chi connectivity index (χ4n) is 2.54. The third kappa shape index (κ3) is 1.41. The van der Waals surface area contributed by atoms with E-state index in [1.54, 1.807) is 0 Å². The summed E-state index contributed by atoms with van der Waals surface area (Å²) in [5.41, 5.74) is 9.78. The average Bonchev–Trinajstić information content (AvgIpc) is 2.58. The molecular weight excluding hydrogens is 182 g/mol. The summed E-state index contributed by atoms with van der Waals surface area (Å²) >= 11 is 0. The van der Waals surface area contributed by atoms with Crippen molar-refractivity contribution < 1.29 is 0 Å². The molecule has 1 aromatic carbocycles. The van der Waals surface area contributed by atoms with Crippen LogP contribution in [0.3, 0.4) is 0 Å². The van der Waals surface area contributed by atoms with Gasteiger partial charge in [-0.1, -0.05) is 6.92 Å². The van der Waals surface area contributed by atoms with Gasteiger partial charge in [0.1, 0.15) is 0 Å². The number of fused-ring (bicyclic) bond motifs is 1. The van der Waals surface area contributed by atoms with Crippen LogP contribution >= 0.6 is 0 Å². The summed E-state index contributed by atoms with van der Waals surface area (Å²) in [6.45, 7) is 11.0. The van der Waals surface area contributed by atoms with Gasteiger partial charge >= 0.3 is 0 Å². The van der Waals surface area contributed by atoms with E-state index >= 15 is 0 Å². The van der Waals surface area contributed by atoms with Crippen molar-refractivity contribution in [3.8, 4) is 0 Å². The molecule has 15 heavy (non-hydrogen) atoms. The first-order valence-electron chi connectivity index (χ1n) is 5.71. The normalized spacial score (nSPS) is 14.1. The summed E-state index contributed by atoms with van der Waals surface area (Å²) in [5.74, 6) is 0. The number of benzene rings is 1. The maximum Gasteiger partial charge on any atom is 0.0702 e. The number of aliphatic imine (C=N–C) groups is 1. The average molecular weight is 201 g/mol. The zero-order valence-electron chi connectivity index (χ0n) is 10.4. The smallest absolute Gasteiger partial charge is 0.0702 e. The van der Waals surface area contributed by atoms with Gasteiger partial charge in [0.05, 0.1) is 5.69 Å². The second-order valence-electron chi connectivity index (χ2n) is 4.56. The van der Waals surface area contributed by atoms with E-state index < -0.39 is 0 Å². The van der Waals surface area contributed by atoms with Crippen LogP contribution in [0.5, 0.6) is 0 Å². The molecule has 1 nitrogen and oxygen atoms in total. The van der Waals surface area contributed by atoms with Gasteiger partial charge in [-0.15, -0.1) is 0 Å². The molecule has 0 unspecified atom stereocenters. The summed E-state index contributed by atoms with van der Waals surface area (Å²) in [5, 5.41) is 0. The van der Waals surface area contributed by atoms with Gasteiger partial charge in [0.15, 0.2) is 0 Å². The Hall–Kier alpha value is -1.11. The van der Waals surface area contributed by atoms with Crippen molar-refractivity contribution in [3.63, 3.8) is 0 Å². The van der Waals surface area contributed by atoms with Gasteiger partial charge in [-0.05, 0) is 61.9 Å². The second-order valence-corrected chi connectivity index (χ2v) is 4.56. The Morgan fingerprint density at radius 1 is 1.00 bits per heavy atom. The molecule has 0 atom stereocenters. The van der Waals surface area contributed by atoms with Gasteiger partial charge in [-0.2, -0.15) is 0 Å². The van der Waals surface area contributed by atoms with Gasteiger partial charge in [0.2, 0.25) is 0 Å². The van der Waals surface area contributed by atoms with Gasteiger partial charge < -0.3 is 0 Å². The van der Waals surface area contributed by atoms with Crippen LogP contribution in [0.15, 0.2) is 4.99 Å². The van der Waals surface area contributed by atoms with Crippen LogP contribution in [0, 0.1) is 20.8 Å². The number of rotatable bonds is 1. The minimum absolute atomic E-state index is 1.05. The van der Waals surface area contributed by atoms with Crippen molar-refractivity contribution in [2.75, 3.05) is 0 Å². The highest BCUT2D eigenvalue weighted by atomic mass is 14.8. The van der Waals surface area contributed by atoms with Crippen LogP contribution in [-0.4, -0.2) is 5.71 Å². The molecule has 0 aromatic heterocycles. The predicted octanol–water partition coefficient (Wildman–Crippen LogP) is 3.82. The van der Waals surface area contributed by atoms with Crippen LogP contribution in [0.2, 0.25) is 0 Å². The van der Waals surface area contributed by atoms with Crippen molar-refractivity contribution in [1.82, 2.24) is 0 Å². The van der Waals surface area contributed by atoms with Crippen molar-refractivity contribution in [1.29, 1.82) is 0 Å². The van der Waals surface area contributed by atoms with E-state index in [1.807, 2.05) is 0 Å². The van der Waals surface area contributed by atoms with E-state index in [9.17, 15) is 0 Å². The molecular formula is C14H19N. The predicted molar refractivity (Wildman–Crippen MR) is 66.5 cm³/mol. The maximum atomic E-state index is 4.70. The van der Waals surface area contributed by atoms with Gasteiger partial charge in [-0.3, -0.25) is 4.99 Å². The lowest BCUT2D eigenvalue weighted by Gasteiger charge is -2.15. The summed E-state index contributed by atoms with van der Waals surface area (Å²) in [7, 11) is 0. The monoisotopic (exact) mass is 201 g/mol. The molecule has 1 aliphatic heterocycles. The largest absolute Gasteiger partial charge is 0.257 e. The Labute approximate surface area is 92.2 Å². The summed E-state index contributed by atoms with van der Waals surface area (Å²) < 4.78 is 0. The SMILES string of the molecule is CCc1c(C)c(C)c(C)c2c1N=C(C)C2. The molecule has 1 heterocycles. The van der Waals surface area contributed by atoms with E-state index in [0.717, 1.165) is 12.8 Å². The fraction of sp³-hybridized carbons (Fsp3) is 0.500. The minimum atomic E-state index is 1.05. The first kappa shape index (κ1) is 10.4. The molecule has 1 aromatic rings. The van der Waals surface area contributed by atoms with E-state index in [1.165, 1.54) is 39.2 Å². The molecule has 0 bridgehead atoms. The summed E-state index contributed by atoms with van der Waals surface area (Å²) in [6.07, 6.45) is 2.14. The molecule has 0 spiro atoms. The molecule has 0 saturated carbocycles. The zero-order valence-corrected chi connectivity index (χ0v) is 10.4. The summed E-state index contributed by atoms with van der Waals surface area (Å²) in [6, 6.07) is 0. The second kappa shape index (κ2) is 3.48. The highest BCUT2D eigenvalue weighted by molar-refractivity contribution is 5.94. The molecule has 0 amide bonds. The first-order chi connectivity index (χ1) is 7.06. The molecule has 0 fully saturated rings. The molecule has 80 valence electrons. The molecule has 2 rings (SSSR count). The number of hydrogen-bond acceptors (Lipinski definition) is 1. The molecule has 0 radical (unpaired) electrons. The lowest BCUT2D eigenvalue weighted by atomic mass is 9.90.